The van der Waals surface area contributed by atoms with Crippen molar-refractivity contribution < 1.29 is 72.5 Å². The first-order valence-electron chi connectivity index (χ1n) is 8.27. The van der Waals surface area contributed by atoms with E-state index in [4.69, 9.17) is 18.9 Å². The summed E-state index contributed by atoms with van der Waals surface area (Å²) in [5.41, 5.74) is 1.19. The van der Waals surface area contributed by atoms with Gasteiger partial charge < -0.3 is 42.9 Å². The number of aromatic hydroxyl groups is 1. The maximum absolute atomic E-state index is 10.8. The van der Waals surface area contributed by atoms with Crippen LogP contribution in [-0.4, -0.2) is 33.5 Å². The quantitative estimate of drug-likeness (QED) is 0.291. The standard InChI is InChI=1S/C19H23O9P.Na/c1-24-15-8-7-13(14(18(15)20)11-28-29(21,22)23)6-5-12-9-16(25-2)19(27-4)17(10-12)26-3;/h5-10,20H,11H2,1-4H3,(H2,21,22,23);/q;+1/p-2/b6-5-;. The van der Waals surface area contributed by atoms with Gasteiger partial charge in [-0.1, -0.05) is 18.2 Å². The fourth-order valence-corrected chi connectivity index (χ4v) is 2.92. The first kappa shape index (κ1) is 26.3. The second kappa shape index (κ2) is 11.6. The van der Waals surface area contributed by atoms with Crippen LogP contribution < -0.4 is 58.3 Å². The molecule has 158 valence electrons. The predicted molar refractivity (Wildman–Crippen MR) is 102 cm³/mol. The zero-order chi connectivity index (χ0) is 21.6. The molecular formula is C19H21NaO9P-. The van der Waals surface area contributed by atoms with Crippen molar-refractivity contribution in [3.63, 3.8) is 0 Å². The van der Waals surface area contributed by atoms with E-state index in [0.717, 1.165) is 0 Å². The van der Waals surface area contributed by atoms with E-state index in [2.05, 4.69) is 4.52 Å². The van der Waals surface area contributed by atoms with Crippen molar-refractivity contribution in [1.29, 1.82) is 0 Å². The fourth-order valence-electron chi connectivity index (χ4n) is 2.63. The van der Waals surface area contributed by atoms with Gasteiger partial charge in [0.2, 0.25) is 5.75 Å². The number of hydrogen-bond donors (Lipinski definition) is 1. The number of hydrogen-bond acceptors (Lipinski definition) is 9. The molecule has 0 saturated heterocycles. The van der Waals surface area contributed by atoms with Gasteiger partial charge >= 0.3 is 29.6 Å². The Morgan fingerprint density at radius 2 is 1.50 bits per heavy atom. The van der Waals surface area contributed by atoms with Crippen LogP contribution in [-0.2, 0) is 15.7 Å². The van der Waals surface area contributed by atoms with Crippen LogP contribution in [0.25, 0.3) is 12.2 Å². The minimum atomic E-state index is -5.22. The van der Waals surface area contributed by atoms with Gasteiger partial charge in [-0.2, -0.15) is 0 Å². The molecule has 11 heteroatoms. The van der Waals surface area contributed by atoms with Gasteiger partial charge in [0.05, 0.1) is 42.9 Å². The molecule has 0 aliphatic heterocycles. The molecule has 0 aromatic heterocycles. The molecule has 0 spiro atoms. The Hall–Kier alpha value is -1.71. The van der Waals surface area contributed by atoms with Crippen molar-refractivity contribution in [2.75, 3.05) is 28.4 Å². The Balaban J connectivity index is 0.00000450. The molecule has 0 heterocycles. The van der Waals surface area contributed by atoms with Crippen molar-refractivity contribution >= 4 is 20.0 Å². The van der Waals surface area contributed by atoms with Gasteiger partial charge in [-0.05, 0) is 29.3 Å². The molecule has 0 amide bonds. The summed E-state index contributed by atoms with van der Waals surface area (Å²) in [7, 11) is 0.597. The van der Waals surface area contributed by atoms with Crippen LogP contribution in [0.4, 0.5) is 0 Å². The van der Waals surface area contributed by atoms with E-state index in [1.807, 2.05) is 0 Å². The monoisotopic (exact) mass is 447 g/mol. The van der Waals surface area contributed by atoms with E-state index >= 15 is 0 Å². The SMILES string of the molecule is COc1ccc(/C=C\c2cc(OC)c(OC)c(OC)c2)c(COP(=O)([O-])[O-])c1O.[Na+]. The molecule has 2 rings (SSSR count). The van der Waals surface area contributed by atoms with Crippen molar-refractivity contribution in [3.05, 3.63) is 41.0 Å². The van der Waals surface area contributed by atoms with E-state index < -0.39 is 14.4 Å². The molecule has 2 aromatic carbocycles. The maximum atomic E-state index is 10.8. The van der Waals surface area contributed by atoms with Gasteiger partial charge in [-0.25, -0.2) is 0 Å². The van der Waals surface area contributed by atoms with Crippen LogP contribution in [0, 0.1) is 0 Å². The summed E-state index contributed by atoms with van der Waals surface area (Å²) >= 11 is 0. The Labute approximate surface area is 196 Å². The smallest absolute Gasteiger partial charge is 0.790 e. The zero-order valence-corrected chi connectivity index (χ0v) is 20.2. The van der Waals surface area contributed by atoms with Gasteiger partial charge in [0.15, 0.2) is 23.0 Å². The van der Waals surface area contributed by atoms with Gasteiger partial charge in [-0.3, -0.25) is 0 Å². The van der Waals surface area contributed by atoms with Crippen molar-refractivity contribution in [3.8, 4) is 28.7 Å². The third-order valence-electron chi connectivity index (χ3n) is 4.01. The molecule has 0 fully saturated rings. The fraction of sp³-hybridized carbons (Fsp3) is 0.263. The van der Waals surface area contributed by atoms with Crippen LogP contribution >= 0.6 is 7.82 Å². The van der Waals surface area contributed by atoms with Crippen molar-refractivity contribution in [2.24, 2.45) is 0 Å². The van der Waals surface area contributed by atoms with Crippen LogP contribution in [0.5, 0.6) is 28.7 Å². The second-order valence-electron chi connectivity index (χ2n) is 5.70. The molecule has 0 bridgehead atoms. The summed E-state index contributed by atoms with van der Waals surface area (Å²) in [4.78, 5) is 21.7. The van der Waals surface area contributed by atoms with Crippen molar-refractivity contribution in [1.82, 2.24) is 0 Å². The second-order valence-corrected chi connectivity index (χ2v) is 6.85. The Kier molecular flexibility index (Phi) is 10.2. The molecule has 0 aliphatic carbocycles. The molecule has 0 unspecified atom stereocenters. The first-order valence-corrected chi connectivity index (χ1v) is 9.73. The third-order valence-corrected chi connectivity index (χ3v) is 4.46. The van der Waals surface area contributed by atoms with E-state index in [9.17, 15) is 19.5 Å². The number of ether oxygens (including phenoxy) is 4. The summed E-state index contributed by atoms with van der Waals surface area (Å²) in [6, 6.07) is 6.51. The summed E-state index contributed by atoms with van der Waals surface area (Å²) in [6.07, 6.45) is 3.29. The van der Waals surface area contributed by atoms with E-state index in [0.29, 0.717) is 28.4 Å². The van der Waals surface area contributed by atoms with E-state index in [-0.39, 0.29) is 46.6 Å². The van der Waals surface area contributed by atoms with Crippen LogP contribution in [0.15, 0.2) is 24.3 Å². The summed E-state index contributed by atoms with van der Waals surface area (Å²) in [5, 5.41) is 10.3. The summed E-state index contributed by atoms with van der Waals surface area (Å²) in [5.74, 6) is 1.12. The topological polar surface area (TPSA) is 130 Å². The van der Waals surface area contributed by atoms with Crippen LogP contribution in [0.3, 0.4) is 0 Å². The molecule has 0 atom stereocenters. The minimum Gasteiger partial charge on any atom is -0.790 e. The number of methoxy groups -OCH3 is 4. The minimum absolute atomic E-state index is 0. The van der Waals surface area contributed by atoms with E-state index in [1.165, 1.54) is 34.5 Å². The first-order chi connectivity index (χ1) is 13.7. The Bertz CT molecular complexity index is 915. The molecular weight excluding hydrogens is 426 g/mol. The Morgan fingerprint density at radius 3 is 1.97 bits per heavy atom. The molecule has 30 heavy (non-hydrogen) atoms. The zero-order valence-electron chi connectivity index (χ0n) is 17.3. The number of phosphoric acid groups is 1. The normalized spacial score (nSPS) is 11.1. The largest absolute Gasteiger partial charge is 1.00 e. The molecule has 9 nitrogen and oxygen atoms in total. The van der Waals surface area contributed by atoms with Gasteiger partial charge in [0, 0.05) is 5.56 Å². The predicted octanol–water partition coefficient (Wildman–Crippen LogP) is -1.05. The summed E-state index contributed by atoms with van der Waals surface area (Å²) < 4.78 is 36.1. The number of benzene rings is 2. The van der Waals surface area contributed by atoms with Gasteiger partial charge in [-0.15, -0.1) is 0 Å². The number of phenols is 1. The van der Waals surface area contributed by atoms with Gasteiger partial charge in [0.1, 0.15) is 0 Å². The molecule has 0 aliphatic rings. The number of rotatable bonds is 9. The summed E-state index contributed by atoms with van der Waals surface area (Å²) in [6.45, 7) is -0.637. The van der Waals surface area contributed by atoms with E-state index in [1.54, 1.807) is 30.4 Å². The number of phosphoric ester groups is 1. The Morgan fingerprint density at radius 1 is 0.933 bits per heavy atom. The average molecular weight is 447 g/mol. The van der Waals surface area contributed by atoms with Crippen molar-refractivity contribution in [2.45, 2.75) is 6.61 Å². The third kappa shape index (κ3) is 6.65. The molecule has 1 N–H and O–H groups in total. The van der Waals surface area contributed by atoms with Crippen LogP contribution in [0.1, 0.15) is 16.7 Å². The molecule has 0 saturated carbocycles. The average Bonchev–Trinajstić information content (AvgIpc) is 2.69. The maximum Gasteiger partial charge on any atom is 1.00 e. The van der Waals surface area contributed by atoms with Gasteiger partial charge in [0.25, 0.3) is 0 Å². The van der Waals surface area contributed by atoms with Crippen LogP contribution in [0.2, 0.25) is 0 Å². The molecule has 0 radical (unpaired) electrons. The number of phenolic OH excluding ortho intramolecular Hbond substituents is 1. The molecule has 2 aromatic rings.